The summed E-state index contributed by atoms with van der Waals surface area (Å²) in [6.07, 6.45) is 7.64. The third-order valence-electron chi connectivity index (χ3n) is 5.77. The van der Waals surface area contributed by atoms with Crippen LogP contribution in [-0.4, -0.2) is 25.6 Å². The quantitative estimate of drug-likeness (QED) is 0.311. The van der Waals surface area contributed by atoms with E-state index >= 15 is 0 Å². The maximum Gasteiger partial charge on any atom is 0.192 e. The van der Waals surface area contributed by atoms with Crippen LogP contribution < -0.4 is 0 Å². The molecule has 0 bridgehead atoms. The summed E-state index contributed by atoms with van der Waals surface area (Å²) in [5, 5.41) is 9.70. The highest BCUT2D eigenvalue weighted by molar-refractivity contribution is 6.74. The molecule has 1 N–H and O–H groups in total. The van der Waals surface area contributed by atoms with Crippen LogP contribution in [0.2, 0.25) is 18.1 Å². The van der Waals surface area contributed by atoms with Crippen molar-refractivity contribution in [1.29, 1.82) is 0 Å². The molecule has 0 saturated heterocycles. The molecule has 4 atom stereocenters. The van der Waals surface area contributed by atoms with Crippen LogP contribution in [0.5, 0.6) is 0 Å². The summed E-state index contributed by atoms with van der Waals surface area (Å²) in [6, 6.07) is 0. The Balaban J connectivity index is -0.000000226. The summed E-state index contributed by atoms with van der Waals surface area (Å²) < 4.78 is 6.51. The lowest BCUT2D eigenvalue weighted by Gasteiger charge is -2.41. The van der Waals surface area contributed by atoms with Gasteiger partial charge in [0.15, 0.2) is 8.32 Å². The van der Waals surface area contributed by atoms with Crippen molar-refractivity contribution in [2.45, 2.75) is 108 Å². The summed E-state index contributed by atoms with van der Waals surface area (Å²) in [7, 11) is -1.71. The molecule has 3 heteroatoms. The zero-order valence-electron chi connectivity index (χ0n) is 19.9. The highest BCUT2D eigenvalue weighted by atomic mass is 28.4. The van der Waals surface area contributed by atoms with Crippen molar-refractivity contribution in [2.24, 2.45) is 11.8 Å². The van der Waals surface area contributed by atoms with Crippen molar-refractivity contribution in [2.75, 3.05) is 0 Å². The standard InChI is InChI=1S/C15H30OSi.C9H16O.2CH4/c1-10-12(3)14(13(4)11-2)16-17(8,9)15(5,6)7;1-5-7(3)9(10)8(4)6-2;;/h10-12,14H,1H2,2-9H3;5-7,9-10H,1H2,2-4H3;2*1H4/b13-11+;8-6+;;/t12-,14-;7-,9-;;/m00../s1. The van der Waals surface area contributed by atoms with E-state index in [9.17, 15) is 5.11 Å². The molecule has 29 heavy (non-hydrogen) atoms. The normalized spacial score (nSPS) is 16.7. The molecule has 0 amide bonds. The average molecular weight is 427 g/mol. The van der Waals surface area contributed by atoms with Gasteiger partial charge in [-0.25, -0.2) is 0 Å². The average Bonchev–Trinajstić information content (AvgIpc) is 2.62. The minimum atomic E-state index is -1.71. The predicted octanol–water partition coefficient (Wildman–Crippen LogP) is 8.57. The first-order valence-electron chi connectivity index (χ1n) is 10.1. The fourth-order valence-corrected chi connectivity index (χ4v) is 3.50. The van der Waals surface area contributed by atoms with E-state index in [2.05, 4.69) is 73.9 Å². The molecule has 0 aromatic heterocycles. The van der Waals surface area contributed by atoms with Gasteiger partial charge in [0, 0.05) is 11.8 Å². The Morgan fingerprint density at radius 2 is 1.28 bits per heavy atom. The second-order valence-electron chi connectivity index (χ2n) is 9.00. The summed E-state index contributed by atoms with van der Waals surface area (Å²) in [5.41, 5.74) is 2.31. The second-order valence-corrected chi connectivity index (χ2v) is 13.8. The smallest absolute Gasteiger partial charge is 0.192 e. The predicted molar refractivity (Wildman–Crippen MR) is 139 cm³/mol. The van der Waals surface area contributed by atoms with Crippen molar-refractivity contribution in [1.82, 2.24) is 0 Å². The van der Waals surface area contributed by atoms with E-state index in [-0.39, 0.29) is 38.0 Å². The fraction of sp³-hybridized carbons (Fsp3) is 0.692. The van der Waals surface area contributed by atoms with Crippen LogP contribution >= 0.6 is 0 Å². The van der Waals surface area contributed by atoms with Gasteiger partial charge in [0.05, 0.1) is 12.2 Å². The highest BCUT2D eigenvalue weighted by Gasteiger charge is 2.40. The van der Waals surface area contributed by atoms with Crippen molar-refractivity contribution in [3.63, 3.8) is 0 Å². The lowest BCUT2D eigenvalue weighted by molar-refractivity contribution is 0.173. The maximum atomic E-state index is 9.45. The summed E-state index contributed by atoms with van der Waals surface area (Å²) >= 11 is 0. The number of aliphatic hydroxyl groups excluding tert-OH is 1. The Morgan fingerprint density at radius 3 is 1.55 bits per heavy atom. The number of hydrogen-bond donors (Lipinski definition) is 1. The Kier molecular flexibility index (Phi) is 19.4. The van der Waals surface area contributed by atoms with E-state index in [0.29, 0.717) is 5.92 Å². The number of allylic oxidation sites excluding steroid dienone is 2. The first-order valence-corrected chi connectivity index (χ1v) is 13.0. The van der Waals surface area contributed by atoms with Gasteiger partial charge in [-0.1, -0.05) is 73.8 Å². The molecule has 0 aliphatic heterocycles. The van der Waals surface area contributed by atoms with Crippen LogP contribution in [0.15, 0.2) is 48.6 Å². The van der Waals surface area contributed by atoms with E-state index < -0.39 is 8.32 Å². The molecule has 0 radical (unpaired) electrons. The van der Waals surface area contributed by atoms with Gasteiger partial charge >= 0.3 is 0 Å². The summed E-state index contributed by atoms with van der Waals surface area (Å²) in [4.78, 5) is 0. The van der Waals surface area contributed by atoms with Crippen LogP contribution in [0.3, 0.4) is 0 Å². The fourth-order valence-electron chi connectivity index (χ4n) is 2.11. The van der Waals surface area contributed by atoms with Crippen molar-refractivity contribution in [3.05, 3.63) is 48.6 Å². The van der Waals surface area contributed by atoms with Crippen molar-refractivity contribution >= 4 is 8.32 Å². The molecular weight excluding hydrogens is 372 g/mol. The van der Waals surface area contributed by atoms with Gasteiger partial charge < -0.3 is 9.53 Å². The molecule has 0 aromatic rings. The Bertz CT molecular complexity index is 509. The molecule has 0 aliphatic carbocycles. The van der Waals surface area contributed by atoms with Crippen molar-refractivity contribution in [3.8, 4) is 0 Å². The van der Waals surface area contributed by atoms with E-state index in [0.717, 1.165) is 5.57 Å². The largest absolute Gasteiger partial charge is 0.410 e. The second kappa shape index (κ2) is 15.9. The first-order chi connectivity index (χ1) is 12.2. The van der Waals surface area contributed by atoms with Gasteiger partial charge in [-0.2, -0.15) is 0 Å². The van der Waals surface area contributed by atoms with Gasteiger partial charge in [0.2, 0.25) is 0 Å². The maximum absolute atomic E-state index is 9.45. The highest BCUT2D eigenvalue weighted by Crippen LogP contribution is 2.39. The summed E-state index contributed by atoms with van der Waals surface area (Å²) in [5.74, 6) is 0.511. The molecule has 0 aromatic carbocycles. The monoisotopic (exact) mass is 426 g/mol. The minimum absolute atomic E-state index is 0. The number of rotatable bonds is 8. The van der Waals surface area contributed by atoms with Gasteiger partial charge in [0.25, 0.3) is 0 Å². The zero-order valence-corrected chi connectivity index (χ0v) is 20.9. The van der Waals surface area contributed by atoms with Crippen LogP contribution in [0.1, 0.15) is 77.2 Å². The lowest BCUT2D eigenvalue weighted by atomic mass is 9.99. The van der Waals surface area contributed by atoms with E-state index in [1.165, 1.54) is 5.57 Å². The van der Waals surface area contributed by atoms with Crippen LogP contribution in [0.25, 0.3) is 0 Å². The molecule has 0 heterocycles. The third-order valence-corrected chi connectivity index (χ3v) is 10.2. The zero-order chi connectivity index (χ0) is 22.0. The molecule has 0 spiro atoms. The molecule has 0 aliphatic rings. The Morgan fingerprint density at radius 1 is 0.897 bits per heavy atom. The molecule has 2 nitrogen and oxygen atoms in total. The number of aliphatic hydroxyl groups is 1. The van der Waals surface area contributed by atoms with Gasteiger partial charge in [-0.05, 0) is 57.0 Å². The van der Waals surface area contributed by atoms with Crippen LogP contribution in [0.4, 0.5) is 0 Å². The summed E-state index contributed by atoms with van der Waals surface area (Å²) in [6.45, 7) is 31.2. The molecule has 0 rings (SSSR count). The topological polar surface area (TPSA) is 29.5 Å². The van der Waals surface area contributed by atoms with Gasteiger partial charge in [0.1, 0.15) is 0 Å². The molecule has 0 unspecified atom stereocenters. The molecule has 0 fully saturated rings. The Hall–Kier alpha value is -0.903. The van der Waals surface area contributed by atoms with E-state index in [1.54, 1.807) is 6.08 Å². The Labute approximate surface area is 186 Å². The first kappa shape index (κ1) is 35.5. The van der Waals surface area contributed by atoms with E-state index in [4.69, 9.17) is 4.43 Å². The minimum Gasteiger partial charge on any atom is -0.410 e. The lowest BCUT2D eigenvalue weighted by Crippen LogP contribution is -2.45. The van der Waals surface area contributed by atoms with Crippen molar-refractivity contribution < 1.29 is 9.53 Å². The van der Waals surface area contributed by atoms with Gasteiger partial charge in [-0.15, -0.1) is 13.2 Å². The molecule has 0 saturated carbocycles. The SMILES string of the molecule is C.C.C=C[C@H](C)[C@H](O)/C(C)=C/C.C=C[C@H](C)[C@H](O[Si](C)(C)C(C)(C)C)/C(C)=C/C. The third kappa shape index (κ3) is 12.4. The van der Waals surface area contributed by atoms with Gasteiger partial charge in [-0.3, -0.25) is 0 Å². The van der Waals surface area contributed by atoms with Crippen LogP contribution in [-0.2, 0) is 4.43 Å². The molecule has 174 valence electrons. The molecular formula is C26H54O2Si. The van der Waals surface area contributed by atoms with E-state index in [1.807, 2.05) is 32.9 Å². The van der Waals surface area contributed by atoms with Crippen LogP contribution in [0, 0.1) is 11.8 Å². The number of hydrogen-bond acceptors (Lipinski definition) is 2.